The maximum Gasteiger partial charge on any atom is 0.256 e. The average Bonchev–Trinajstić information content (AvgIpc) is 2.73. The van der Waals surface area contributed by atoms with E-state index in [4.69, 9.17) is 11.6 Å². The summed E-state index contributed by atoms with van der Waals surface area (Å²) in [6.07, 6.45) is 0. The number of nitrogens with zero attached hydrogens (tertiary/aromatic N) is 1. The molecular weight excluding hydrogens is 430 g/mol. The molecule has 0 spiro atoms. The van der Waals surface area contributed by atoms with Crippen molar-refractivity contribution in [1.82, 2.24) is 3.71 Å². The maximum absolute atomic E-state index is 13.3. The van der Waals surface area contributed by atoms with Gasteiger partial charge in [-0.05, 0) is 36.8 Å². The number of hydrogen-bond acceptors (Lipinski definition) is 4. The summed E-state index contributed by atoms with van der Waals surface area (Å²) >= 11 is 6.49. The van der Waals surface area contributed by atoms with Crippen molar-refractivity contribution in [1.29, 1.82) is 0 Å². The molecule has 0 radical (unpaired) electrons. The maximum atomic E-state index is 13.3. The molecule has 0 N–H and O–H groups in total. The van der Waals surface area contributed by atoms with E-state index < -0.39 is 32.0 Å². The van der Waals surface area contributed by atoms with Gasteiger partial charge in [0.05, 0.1) is 21.7 Å². The van der Waals surface area contributed by atoms with E-state index in [1.807, 2.05) is 13.0 Å². The van der Waals surface area contributed by atoms with Crippen molar-refractivity contribution in [3.05, 3.63) is 96.1 Å². The second-order valence-electron chi connectivity index (χ2n) is 6.47. The Morgan fingerprint density at radius 1 is 0.759 bits per heavy atom. The molecule has 0 aliphatic carbocycles. The number of hydrogen-bond donors (Lipinski definition) is 0. The van der Waals surface area contributed by atoms with Crippen molar-refractivity contribution in [2.45, 2.75) is 22.1 Å². The number of sulfonamides is 2. The summed E-state index contributed by atoms with van der Waals surface area (Å²) in [5.74, 6) is 0. The summed E-state index contributed by atoms with van der Waals surface area (Å²) in [6.45, 7) is 1.45. The van der Waals surface area contributed by atoms with Crippen LogP contribution in [0.4, 0.5) is 0 Å². The van der Waals surface area contributed by atoms with E-state index in [9.17, 15) is 16.8 Å². The molecule has 0 saturated heterocycles. The van der Waals surface area contributed by atoms with Crippen LogP contribution in [0.25, 0.3) is 0 Å². The molecule has 0 aliphatic rings. The molecule has 0 saturated carbocycles. The van der Waals surface area contributed by atoms with Crippen LogP contribution < -0.4 is 0 Å². The first-order chi connectivity index (χ1) is 13.7. The lowest BCUT2D eigenvalue weighted by molar-refractivity contribution is 0.494. The molecule has 8 heteroatoms. The first kappa shape index (κ1) is 21.5. The van der Waals surface area contributed by atoms with Crippen molar-refractivity contribution >= 4 is 31.6 Å². The van der Waals surface area contributed by atoms with Crippen molar-refractivity contribution in [3.63, 3.8) is 0 Å². The van der Waals surface area contributed by atoms with Gasteiger partial charge in [0.1, 0.15) is 0 Å². The fourth-order valence-electron chi connectivity index (χ4n) is 2.85. The first-order valence-electron chi connectivity index (χ1n) is 8.81. The Labute approximate surface area is 176 Å². The van der Waals surface area contributed by atoms with Crippen molar-refractivity contribution in [3.8, 4) is 0 Å². The molecular formula is C21H20ClNO4S2. The molecule has 152 valence electrons. The molecule has 5 nitrogen and oxygen atoms in total. The Bertz CT molecular complexity index is 1110. The van der Waals surface area contributed by atoms with Crippen LogP contribution in [-0.4, -0.2) is 27.1 Å². The third-order valence-electron chi connectivity index (χ3n) is 4.33. The Morgan fingerprint density at radius 3 is 1.69 bits per heavy atom. The zero-order valence-electron chi connectivity index (χ0n) is 15.6. The lowest BCUT2D eigenvalue weighted by Crippen LogP contribution is -2.39. The Hall–Kier alpha value is -2.19. The smallest absolute Gasteiger partial charge is 0.206 e. The van der Waals surface area contributed by atoms with Crippen LogP contribution in [0.2, 0.25) is 0 Å². The van der Waals surface area contributed by atoms with E-state index in [1.54, 1.807) is 54.6 Å². The lowest BCUT2D eigenvalue weighted by atomic mass is 10.1. The van der Waals surface area contributed by atoms with Gasteiger partial charge in [-0.3, -0.25) is 0 Å². The largest absolute Gasteiger partial charge is 0.256 e. The molecule has 1 atom stereocenters. The Morgan fingerprint density at radius 2 is 1.24 bits per heavy atom. The quantitative estimate of drug-likeness (QED) is 0.502. The number of halogens is 1. The monoisotopic (exact) mass is 449 g/mol. The highest BCUT2D eigenvalue weighted by Gasteiger charge is 2.38. The third-order valence-corrected chi connectivity index (χ3v) is 9.01. The van der Waals surface area contributed by atoms with Gasteiger partial charge in [0.25, 0.3) is 20.0 Å². The molecule has 3 rings (SSSR count). The summed E-state index contributed by atoms with van der Waals surface area (Å²) < 4.78 is 53.6. The van der Waals surface area contributed by atoms with Gasteiger partial charge >= 0.3 is 0 Å². The molecule has 3 aromatic carbocycles. The number of benzene rings is 3. The highest BCUT2D eigenvalue weighted by molar-refractivity contribution is 8.04. The van der Waals surface area contributed by atoms with Gasteiger partial charge in [-0.1, -0.05) is 69.9 Å². The summed E-state index contributed by atoms with van der Waals surface area (Å²) in [6, 6.07) is 22.1. The Kier molecular flexibility index (Phi) is 6.43. The van der Waals surface area contributed by atoms with Crippen LogP contribution in [0, 0.1) is 6.92 Å². The standard InChI is InChI=1S/C21H20ClNO4S2/c1-17-9-8-10-18(15-17)21(22)16-23(28(24,25)19-11-4-2-5-12-19)29(26,27)20-13-6-3-7-14-20/h2-15,21H,16H2,1H3. The topological polar surface area (TPSA) is 71.5 Å². The van der Waals surface area contributed by atoms with Crippen LogP contribution in [0.15, 0.2) is 94.7 Å². The number of rotatable bonds is 7. The molecule has 0 bridgehead atoms. The average molecular weight is 450 g/mol. The van der Waals surface area contributed by atoms with Gasteiger partial charge < -0.3 is 0 Å². The molecule has 3 aromatic rings. The van der Waals surface area contributed by atoms with Crippen LogP contribution in [0.3, 0.4) is 0 Å². The minimum Gasteiger partial charge on any atom is -0.206 e. The van der Waals surface area contributed by atoms with E-state index in [-0.39, 0.29) is 9.79 Å². The number of alkyl halides is 1. The highest BCUT2D eigenvalue weighted by Crippen LogP contribution is 2.30. The van der Waals surface area contributed by atoms with E-state index in [0.717, 1.165) is 5.56 Å². The zero-order chi connectivity index (χ0) is 21.1. The summed E-state index contributed by atoms with van der Waals surface area (Å²) in [7, 11) is -8.72. The molecule has 0 aromatic heterocycles. The van der Waals surface area contributed by atoms with E-state index in [1.165, 1.54) is 24.3 Å². The van der Waals surface area contributed by atoms with Crippen molar-refractivity contribution in [2.24, 2.45) is 0 Å². The second kappa shape index (κ2) is 8.67. The SMILES string of the molecule is Cc1cccc(C(Cl)CN(S(=O)(=O)c2ccccc2)S(=O)(=O)c2ccccc2)c1. The highest BCUT2D eigenvalue weighted by atomic mass is 35.5. The molecule has 0 heterocycles. The van der Waals surface area contributed by atoms with Gasteiger partial charge in [-0.25, -0.2) is 16.8 Å². The van der Waals surface area contributed by atoms with Gasteiger partial charge in [0.15, 0.2) is 0 Å². The Balaban J connectivity index is 2.09. The molecule has 0 fully saturated rings. The summed E-state index contributed by atoms with van der Waals surface area (Å²) in [5.41, 5.74) is 1.58. The van der Waals surface area contributed by atoms with Crippen LogP contribution in [-0.2, 0) is 20.0 Å². The minimum atomic E-state index is -4.36. The van der Waals surface area contributed by atoms with Gasteiger partial charge in [0, 0.05) is 0 Å². The van der Waals surface area contributed by atoms with Crippen LogP contribution >= 0.6 is 11.6 Å². The lowest BCUT2D eigenvalue weighted by Gasteiger charge is -2.24. The summed E-state index contributed by atoms with van der Waals surface area (Å²) in [5, 5.41) is -0.855. The predicted molar refractivity (Wildman–Crippen MR) is 114 cm³/mol. The minimum absolute atomic E-state index is 0.118. The molecule has 0 amide bonds. The van der Waals surface area contributed by atoms with Gasteiger partial charge in [-0.15, -0.1) is 11.6 Å². The summed E-state index contributed by atoms with van der Waals surface area (Å²) in [4.78, 5) is -0.236. The van der Waals surface area contributed by atoms with Crippen molar-refractivity contribution < 1.29 is 16.8 Å². The van der Waals surface area contributed by atoms with Crippen molar-refractivity contribution in [2.75, 3.05) is 6.54 Å². The first-order valence-corrected chi connectivity index (χ1v) is 12.1. The van der Waals surface area contributed by atoms with Gasteiger partial charge in [0.2, 0.25) is 0 Å². The van der Waals surface area contributed by atoms with E-state index in [0.29, 0.717) is 9.27 Å². The molecule has 0 aliphatic heterocycles. The van der Waals surface area contributed by atoms with Gasteiger partial charge in [-0.2, -0.15) is 0 Å². The molecule has 1 unspecified atom stereocenters. The second-order valence-corrected chi connectivity index (χ2v) is 11.0. The fourth-order valence-corrected chi connectivity index (χ4v) is 7.00. The van der Waals surface area contributed by atoms with Crippen LogP contribution in [0.5, 0.6) is 0 Å². The molecule has 29 heavy (non-hydrogen) atoms. The fraction of sp³-hybridized carbons (Fsp3) is 0.143. The third kappa shape index (κ3) is 4.70. The predicted octanol–water partition coefficient (Wildman–Crippen LogP) is 4.35. The van der Waals surface area contributed by atoms with Crippen LogP contribution in [0.1, 0.15) is 16.5 Å². The number of aryl methyl sites for hydroxylation is 1. The normalized spacial score (nSPS) is 13.3. The van der Waals surface area contributed by atoms with E-state index >= 15 is 0 Å². The van der Waals surface area contributed by atoms with E-state index in [2.05, 4.69) is 0 Å². The zero-order valence-corrected chi connectivity index (χ0v) is 18.0.